The second-order valence-electron chi connectivity index (χ2n) is 5.73. The third-order valence-electron chi connectivity index (χ3n) is 4.24. The first-order valence-corrected chi connectivity index (χ1v) is 7.87. The quantitative estimate of drug-likeness (QED) is 0.490. The number of hydrogen-bond donors (Lipinski definition) is 1. The highest BCUT2D eigenvalue weighted by Crippen LogP contribution is 2.38. The van der Waals surface area contributed by atoms with E-state index in [4.69, 9.17) is 4.98 Å². The number of anilines is 2. The van der Waals surface area contributed by atoms with Gasteiger partial charge in [0.05, 0.1) is 17.1 Å². The molecule has 4 heteroatoms. The molecule has 0 aliphatic carbocycles. The Morgan fingerprint density at radius 3 is 2.58 bits per heavy atom. The Labute approximate surface area is 139 Å². The predicted octanol–water partition coefficient (Wildman–Crippen LogP) is 4.66. The number of benzene rings is 2. The van der Waals surface area contributed by atoms with Gasteiger partial charge in [-0.25, -0.2) is 9.97 Å². The SMILES string of the molecule is c1ccc(-c2cn3c(n2)-c2ccccc2Nc2ncccc2-3)cc1. The van der Waals surface area contributed by atoms with Gasteiger partial charge in [-0.2, -0.15) is 0 Å². The molecular formula is C20H14N4. The summed E-state index contributed by atoms with van der Waals surface area (Å²) in [5.41, 5.74) is 5.14. The number of aromatic nitrogens is 3. The monoisotopic (exact) mass is 310 g/mol. The van der Waals surface area contributed by atoms with Crippen molar-refractivity contribution in [3.8, 4) is 28.3 Å². The minimum absolute atomic E-state index is 0.834. The molecule has 0 atom stereocenters. The number of para-hydroxylation sites is 1. The van der Waals surface area contributed by atoms with Crippen LogP contribution in [-0.2, 0) is 0 Å². The number of nitrogens with one attached hydrogen (secondary N) is 1. The topological polar surface area (TPSA) is 42.7 Å². The van der Waals surface area contributed by atoms with Crippen molar-refractivity contribution in [1.29, 1.82) is 0 Å². The fourth-order valence-electron chi connectivity index (χ4n) is 3.10. The number of fused-ring (bicyclic) bond motifs is 5. The molecule has 0 bridgehead atoms. The fourth-order valence-corrected chi connectivity index (χ4v) is 3.10. The molecule has 3 heterocycles. The molecule has 5 rings (SSSR count). The number of pyridine rings is 1. The average molecular weight is 310 g/mol. The molecule has 24 heavy (non-hydrogen) atoms. The van der Waals surface area contributed by atoms with Crippen molar-refractivity contribution in [2.24, 2.45) is 0 Å². The van der Waals surface area contributed by atoms with Crippen molar-refractivity contribution in [2.45, 2.75) is 0 Å². The molecule has 0 unspecified atom stereocenters. The first kappa shape index (κ1) is 13.1. The lowest BCUT2D eigenvalue weighted by molar-refractivity contribution is 1.06. The van der Waals surface area contributed by atoms with Gasteiger partial charge in [0.15, 0.2) is 5.82 Å². The van der Waals surface area contributed by atoms with Gasteiger partial charge in [-0.15, -0.1) is 0 Å². The fraction of sp³-hybridized carbons (Fsp3) is 0. The van der Waals surface area contributed by atoms with E-state index in [1.807, 2.05) is 36.4 Å². The van der Waals surface area contributed by atoms with E-state index in [0.29, 0.717) is 0 Å². The molecule has 2 aromatic heterocycles. The summed E-state index contributed by atoms with van der Waals surface area (Å²) >= 11 is 0. The van der Waals surface area contributed by atoms with Crippen LogP contribution in [-0.4, -0.2) is 14.5 Å². The second kappa shape index (κ2) is 5.06. The molecule has 2 aromatic carbocycles. The van der Waals surface area contributed by atoms with Crippen LogP contribution >= 0.6 is 0 Å². The molecule has 0 amide bonds. The molecule has 4 aromatic rings. The van der Waals surface area contributed by atoms with Gasteiger partial charge in [0.25, 0.3) is 0 Å². The molecule has 0 radical (unpaired) electrons. The van der Waals surface area contributed by atoms with Gasteiger partial charge in [0, 0.05) is 23.5 Å². The van der Waals surface area contributed by atoms with Crippen molar-refractivity contribution < 1.29 is 0 Å². The Hall–Kier alpha value is -3.40. The van der Waals surface area contributed by atoms with Gasteiger partial charge in [0.1, 0.15) is 5.82 Å². The lowest BCUT2D eigenvalue weighted by Crippen LogP contribution is -1.98. The number of nitrogens with zero attached hydrogens (tertiary/aromatic N) is 3. The maximum atomic E-state index is 4.92. The van der Waals surface area contributed by atoms with Crippen molar-refractivity contribution in [3.05, 3.63) is 79.1 Å². The summed E-state index contributed by atoms with van der Waals surface area (Å²) < 4.78 is 2.11. The van der Waals surface area contributed by atoms with Crippen LogP contribution in [0.2, 0.25) is 0 Å². The summed E-state index contributed by atoms with van der Waals surface area (Å²) in [7, 11) is 0. The first-order chi connectivity index (χ1) is 11.9. The summed E-state index contributed by atoms with van der Waals surface area (Å²) in [5, 5.41) is 3.42. The zero-order chi connectivity index (χ0) is 15.9. The molecule has 1 aliphatic rings. The highest BCUT2D eigenvalue weighted by molar-refractivity contribution is 5.84. The van der Waals surface area contributed by atoms with E-state index in [1.165, 1.54) is 0 Å². The Bertz CT molecular complexity index is 971. The molecule has 0 saturated heterocycles. The third-order valence-corrected chi connectivity index (χ3v) is 4.24. The second-order valence-corrected chi connectivity index (χ2v) is 5.73. The van der Waals surface area contributed by atoms with Crippen LogP contribution < -0.4 is 5.32 Å². The first-order valence-electron chi connectivity index (χ1n) is 7.87. The predicted molar refractivity (Wildman–Crippen MR) is 95.5 cm³/mol. The molecule has 1 N–H and O–H groups in total. The highest BCUT2D eigenvalue weighted by Gasteiger charge is 2.21. The summed E-state index contributed by atoms with van der Waals surface area (Å²) in [4.78, 5) is 9.42. The molecule has 114 valence electrons. The molecular weight excluding hydrogens is 296 g/mol. The number of imidazole rings is 1. The molecule has 0 spiro atoms. The van der Waals surface area contributed by atoms with Crippen LogP contribution in [0.25, 0.3) is 28.3 Å². The molecule has 1 aliphatic heterocycles. The lowest BCUT2D eigenvalue weighted by atomic mass is 10.1. The van der Waals surface area contributed by atoms with Crippen LogP contribution in [0.4, 0.5) is 11.5 Å². The van der Waals surface area contributed by atoms with Crippen LogP contribution in [0, 0.1) is 0 Å². The van der Waals surface area contributed by atoms with Gasteiger partial charge in [-0.1, -0.05) is 42.5 Å². The van der Waals surface area contributed by atoms with Gasteiger partial charge < -0.3 is 5.32 Å². The van der Waals surface area contributed by atoms with E-state index in [1.54, 1.807) is 6.20 Å². The van der Waals surface area contributed by atoms with Gasteiger partial charge in [-0.3, -0.25) is 4.57 Å². The van der Waals surface area contributed by atoms with Crippen molar-refractivity contribution >= 4 is 11.5 Å². The van der Waals surface area contributed by atoms with E-state index in [-0.39, 0.29) is 0 Å². The average Bonchev–Trinajstić information content (AvgIpc) is 3.03. The van der Waals surface area contributed by atoms with E-state index in [9.17, 15) is 0 Å². The standard InChI is InChI=1S/C20H14N4/c1-2-7-14(8-3-1)17-13-24-18-11-6-12-21-19(18)22-16-10-5-4-9-15(16)20(24)23-17/h1-13H,(H,21,22). The van der Waals surface area contributed by atoms with Gasteiger partial charge in [-0.05, 0) is 24.3 Å². The van der Waals surface area contributed by atoms with Gasteiger partial charge >= 0.3 is 0 Å². The van der Waals surface area contributed by atoms with Crippen LogP contribution in [0.3, 0.4) is 0 Å². The van der Waals surface area contributed by atoms with Gasteiger partial charge in [0.2, 0.25) is 0 Å². The molecule has 4 nitrogen and oxygen atoms in total. The van der Waals surface area contributed by atoms with E-state index < -0.39 is 0 Å². The summed E-state index contributed by atoms with van der Waals surface area (Å²) in [5.74, 6) is 1.75. The minimum Gasteiger partial charge on any atom is -0.338 e. The van der Waals surface area contributed by atoms with E-state index in [2.05, 4.69) is 51.4 Å². The third kappa shape index (κ3) is 1.93. The summed E-state index contributed by atoms with van der Waals surface area (Å²) in [6, 6.07) is 22.4. The highest BCUT2D eigenvalue weighted by atomic mass is 15.1. The Morgan fingerprint density at radius 1 is 0.833 bits per heavy atom. The van der Waals surface area contributed by atoms with Crippen LogP contribution in [0.1, 0.15) is 0 Å². The smallest absolute Gasteiger partial charge is 0.154 e. The Morgan fingerprint density at radius 2 is 1.67 bits per heavy atom. The summed E-state index contributed by atoms with van der Waals surface area (Å²) in [6.45, 7) is 0. The molecule has 0 fully saturated rings. The van der Waals surface area contributed by atoms with E-state index >= 15 is 0 Å². The Balaban J connectivity index is 1.82. The van der Waals surface area contributed by atoms with Crippen LogP contribution in [0.15, 0.2) is 79.1 Å². The minimum atomic E-state index is 0.834. The van der Waals surface area contributed by atoms with E-state index in [0.717, 1.165) is 39.8 Å². The maximum absolute atomic E-state index is 4.92. The summed E-state index contributed by atoms with van der Waals surface area (Å²) in [6.07, 6.45) is 3.88. The maximum Gasteiger partial charge on any atom is 0.154 e. The zero-order valence-electron chi connectivity index (χ0n) is 12.8. The lowest BCUT2D eigenvalue weighted by Gasteiger charge is -2.08. The normalized spacial score (nSPS) is 11.7. The van der Waals surface area contributed by atoms with Crippen molar-refractivity contribution in [2.75, 3.05) is 5.32 Å². The number of hydrogen-bond acceptors (Lipinski definition) is 3. The Kier molecular flexibility index (Phi) is 2.76. The largest absolute Gasteiger partial charge is 0.338 e. The van der Waals surface area contributed by atoms with Crippen molar-refractivity contribution in [3.63, 3.8) is 0 Å². The number of rotatable bonds is 1. The zero-order valence-corrected chi connectivity index (χ0v) is 12.8. The molecule has 0 saturated carbocycles. The van der Waals surface area contributed by atoms with Crippen molar-refractivity contribution in [1.82, 2.24) is 14.5 Å². The van der Waals surface area contributed by atoms with Crippen LogP contribution in [0.5, 0.6) is 0 Å².